The average Bonchev–Trinajstić information content (AvgIpc) is 2.33. The first-order valence-electron chi connectivity index (χ1n) is 5.80. The summed E-state index contributed by atoms with van der Waals surface area (Å²) in [6.45, 7) is 2.69. The zero-order chi connectivity index (χ0) is 12.3. The molecule has 0 spiro atoms. The molecular formula is C15H17NO. The Bertz CT molecular complexity index is 520. The zero-order valence-electron chi connectivity index (χ0n) is 9.98. The van der Waals surface area contributed by atoms with Crippen LogP contribution in [-0.2, 0) is 6.42 Å². The van der Waals surface area contributed by atoms with Crippen molar-refractivity contribution in [2.75, 3.05) is 6.54 Å². The van der Waals surface area contributed by atoms with Gasteiger partial charge < -0.3 is 10.8 Å². The molecule has 2 heteroatoms. The Balaban J connectivity index is 2.51. The topological polar surface area (TPSA) is 46.2 Å². The summed E-state index contributed by atoms with van der Waals surface area (Å²) in [7, 11) is 0. The first-order chi connectivity index (χ1) is 8.22. The highest BCUT2D eigenvalue weighted by atomic mass is 16.3. The lowest BCUT2D eigenvalue weighted by Gasteiger charge is -2.10. The summed E-state index contributed by atoms with van der Waals surface area (Å²) in [5.74, 6) is 0.320. The molecule has 2 rings (SSSR count). The third-order valence-electron chi connectivity index (χ3n) is 2.93. The van der Waals surface area contributed by atoms with E-state index >= 15 is 0 Å². The lowest BCUT2D eigenvalue weighted by molar-refractivity contribution is 0.477. The second-order valence-corrected chi connectivity index (χ2v) is 4.21. The van der Waals surface area contributed by atoms with Crippen LogP contribution in [0.15, 0.2) is 42.5 Å². The molecule has 0 saturated heterocycles. The fourth-order valence-electron chi connectivity index (χ4n) is 1.98. The Kier molecular flexibility index (Phi) is 3.45. The van der Waals surface area contributed by atoms with Gasteiger partial charge in [-0.2, -0.15) is 0 Å². The van der Waals surface area contributed by atoms with Crippen molar-refractivity contribution in [1.29, 1.82) is 0 Å². The molecule has 17 heavy (non-hydrogen) atoms. The van der Waals surface area contributed by atoms with Gasteiger partial charge in [0.05, 0.1) is 0 Å². The maximum absolute atomic E-state index is 9.88. The maximum atomic E-state index is 9.88. The molecule has 0 amide bonds. The van der Waals surface area contributed by atoms with Crippen molar-refractivity contribution in [2.24, 2.45) is 5.73 Å². The Labute approximate surface area is 102 Å². The Morgan fingerprint density at radius 1 is 1.06 bits per heavy atom. The van der Waals surface area contributed by atoms with Crippen molar-refractivity contribution in [3.05, 3.63) is 53.6 Å². The van der Waals surface area contributed by atoms with Crippen LogP contribution in [0.1, 0.15) is 11.1 Å². The number of aromatic hydroxyl groups is 1. The Morgan fingerprint density at radius 3 is 2.53 bits per heavy atom. The molecule has 0 aliphatic carbocycles. The molecule has 2 aromatic rings. The molecule has 0 radical (unpaired) electrons. The maximum Gasteiger partial charge on any atom is 0.123 e. The standard InChI is InChI=1S/C15H17NO/c1-11-6-7-12(8-9-16)10-14(11)13-4-2-3-5-15(13)17/h2-7,10,17H,8-9,16H2,1H3. The average molecular weight is 227 g/mol. The molecule has 0 aromatic heterocycles. The number of phenolic OH excluding ortho intramolecular Hbond substituents is 1. The number of rotatable bonds is 3. The number of para-hydroxylation sites is 1. The van der Waals surface area contributed by atoms with E-state index in [-0.39, 0.29) is 0 Å². The van der Waals surface area contributed by atoms with E-state index in [2.05, 4.69) is 18.2 Å². The van der Waals surface area contributed by atoms with E-state index in [4.69, 9.17) is 5.73 Å². The van der Waals surface area contributed by atoms with Crippen molar-refractivity contribution in [1.82, 2.24) is 0 Å². The molecule has 88 valence electrons. The van der Waals surface area contributed by atoms with Crippen molar-refractivity contribution in [3.63, 3.8) is 0 Å². The number of aryl methyl sites for hydroxylation is 1. The summed E-state index contributed by atoms with van der Waals surface area (Å²) in [4.78, 5) is 0. The van der Waals surface area contributed by atoms with Gasteiger partial charge in [0.2, 0.25) is 0 Å². The molecule has 0 aliphatic heterocycles. The molecule has 0 unspecified atom stereocenters. The SMILES string of the molecule is Cc1ccc(CCN)cc1-c1ccccc1O. The predicted molar refractivity (Wildman–Crippen MR) is 71.0 cm³/mol. The van der Waals surface area contributed by atoms with Gasteiger partial charge in [0.15, 0.2) is 0 Å². The van der Waals surface area contributed by atoms with E-state index in [1.165, 1.54) is 5.56 Å². The summed E-state index contributed by atoms with van der Waals surface area (Å²) in [5.41, 5.74) is 9.89. The monoisotopic (exact) mass is 227 g/mol. The van der Waals surface area contributed by atoms with Gasteiger partial charge in [-0.05, 0) is 42.6 Å². The van der Waals surface area contributed by atoms with Crippen LogP contribution in [0.5, 0.6) is 5.75 Å². The molecule has 0 atom stereocenters. The second-order valence-electron chi connectivity index (χ2n) is 4.21. The van der Waals surface area contributed by atoms with E-state index in [9.17, 15) is 5.11 Å². The second kappa shape index (κ2) is 5.02. The van der Waals surface area contributed by atoms with Crippen LogP contribution in [0.25, 0.3) is 11.1 Å². The number of benzene rings is 2. The Hall–Kier alpha value is -1.80. The first kappa shape index (κ1) is 11.7. The number of hydrogen-bond donors (Lipinski definition) is 2. The smallest absolute Gasteiger partial charge is 0.123 e. The molecular weight excluding hydrogens is 210 g/mol. The van der Waals surface area contributed by atoms with Crippen LogP contribution in [0.4, 0.5) is 0 Å². The largest absolute Gasteiger partial charge is 0.507 e. The van der Waals surface area contributed by atoms with Crippen LogP contribution < -0.4 is 5.73 Å². The molecule has 2 nitrogen and oxygen atoms in total. The van der Waals surface area contributed by atoms with Gasteiger partial charge in [-0.15, -0.1) is 0 Å². The first-order valence-corrected chi connectivity index (χ1v) is 5.80. The van der Waals surface area contributed by atoms with Gasteiger partial charge in [-0.3, -0.25) is 0 Å². The van der Waals surface area contributed by atoms with E-state index in [0.717, 1.165) is 23.1 Å². The lowest BCUT2D eigenvalue weighted by Crippen LogP contribution is -2.02. The quantitative estimate of drug-likeness (QED) is 0.847. The van der Waals surface area contributed by atoms with Crippen molar-refractivity contribution in [2.45, 2.75) is 13.3 Å². The minimum atomic E-state index is 0.320. The third kappa shape index (κ3) is 2.48. The summed E-state index contributed by atoms with van der Waals surface area (Å²) >= 11 is 0. The summed E-state index contributed by atoms with van der Waals surface area (Å²) < 4.78 is 0. The summed E-state index contributed by atoms with van der Waals surface area (Å²) in [6.07, 6.45) is 0.862. The van der Waals surface area contributed by atoms with Crippen LogP contribution >= 0.6 is 0 Å². The van der Waals surface area contributed by atoms with Crippen LogP contribution in [-0.4, -0.2) is 11.7 Å². The number of hydrogen-bond acceptors (Lipinski definition) is 2. The highest BCUT2D eigenvalue weighted by Crippen LogP contribution is 2.31. The summed E-state index contributed by atoms with van der Waals surface area (Å²) in [6, 6.07) is 13.7. The molecule has 0 fully saturated rings. The van der Waals surface area contributed by atoms with E-state index in [1.54, 1.807) is 6.07 Å². The third-order valence-corrected chi connectivity index (χ3v) is 2.93. The van der Waals surface area contributed by atoms with Gasteiger partial charge in [-0.1, -0.05) is 36.4 Å². The van der Waals surface area contributed by atoms with Crippen LogP contribution in [0.3, 0.4) is 0 Å². The molecule has 0 aliphatic rings. The molecule has 0 heterocycles. The van der Waals surface area contributed by atoms with Gasteiger partial charge in [0, 0.05) is 5.56 Å². The van der Waals surface area contributed by atoms with Gasteiger partial charge in [0.25, 0.3) is 0 Å². The van der Waals surface area contributed by atoms with Crippen LogP contribution in [0.2, 0.25) is 0 Å². The number of nitrogens with two attached hydrogens (primary N) is 1. The fraction of sp³-hybridized carbons (Fsp3) is 0.200. The fourth-order valence-corrected chi connectivity index (χ4v) is 1.98. The van der Waals surface area contributed by atoms with Gasteiger partial charge in [0.1, 0.15) is 5.75 Å². The highest BCUT2D eigenvalue weighted by molar-refractivity contribution is 5.73. The van der Waals surface area contributed by atoms with Crippen molar-refractivity contribution >= 4 is 0 Å². The van der Waals surface area contributed by atoms with E-state index < -0.39 is 0 Å². The van der Waals surface area contributed by atoms with E-state index in [0.29, 0.717) is 12.3 Å². The van der Waals surface area contributed by atoms with Gasteiger partial charge >= 0.3 is 0 Å². The molecule has 3 N–H and O–H groups in total. The normalized spacial score (nSPS) is 10.5. The Morgan fingerprint density at radius 2 is 1.82 bits per heavy atom. The van der Waals surface area contributed by atoms with Gasteiger partial charge in [-0.25, -0.2) is 0 Å². The van der Waals surface area contributed by atoms with Crippen molar-refractivity contribution < 1.29 is 5.11 Å². The molecule has 0 saturated carbocycles. The minimum absolute atomic E-state index is 0.320. The lowest BCUT2D eigenvalue weighted by atomic mass is 9.96. The minimum Gasteiger partial charge on any atom is -0.507 e. The highest BCUT2D eigenvalue weighted by Gasteiger charge is 2.07. The molecule has 0 bridgehead atoms. The molecule has 2 aromatic carbocycles. The zero-order valence-corrected chi connectivity index (χ0v) is 9.98. The predicted octanol–water partition coefficient (Wildman–Crippen LogP) is 2.87. The van der Waals surface area contributed by atoms with Crippen molar-refractivity contribution in [3.8, 4) is 16.9 Å². The van der Waals surface area contributed by atoms with E-state index in [1.807, 2.05) is 25.1 Å². The van der Waals surface area contributed by atoms with Crippen LogP contribution in [0, 0.1) is 6.92 Å². The summed E-state index contributed by atoms with van der Waals surface area (Å²) in [5, 5.41) is 9.88. The number of phenols is 1.